The molecule has 1 N–H and O–H groups in total. The van der Waals surface area contributed by atoms with Gasteiger partial charge in [0.2, 0.25) is 0 Å². The third kappa shape index (κ3) is 3.01. The number of rotatable bonds is 3. The molecule has 0 unspecified atom stereocenters. The lowest BCUT2D eigenvalue weighted by Gasteiger charge is -2.10. The molecule has 0 aliphatic carbocycles. The Hall–Kier alpha value is -1.27. The van der Waals surface area contributed by atoms with Gasteiger partial charge < -0.3 is 14.6 Å². The number of carbonyl (C=O) groups excluding carboxylic acids is 1. The zero-order valence-corrected chi connectivity index (χ0v) is 14.6. The molecule has 2 aromatic rings. The average Bonchev–Trinajstić information content (AvgIpc) is 3.01. The summed E-state index contributed by atoms with van der Waals surface area (Å²) in [5, 5.41) is 2.94. The van der Waals surface area contributed by atoms with Gasteiger partial charge in [-0.1, -0.05) is 15.9 Å². The molecular formula is C15H14Br2N2O2. The number of aryl methyl sites for hydroxylation is 1. The third-order valence-corrected chi connectivity index (χ3v) is 4.36. The maximum Gasteiger partial charge on any atom is 0.268 e. The van der Waals surface area contributed by atoms with E-state index in [1.54, 1.807) is 10.6 Å². The molecule has 21 heavy (non-hydrogen) atoms. The summed E-state index contributed by atoms with van der Waals surface area (Å²) in [6, 6.07) is 5.87. The summed E-state index contributed by atoms with van der Waals surface area (Å²) in [6.45, 7) is 1.15. The molecule has 3 rings (SSSR count). The molecule has 4 nitrogen and oxygen atoms in total. The molecule has 1 amide bonds. The summed E-state index contributed by atoms with van der Waals surface area (Å²) in [5.41, 5.74) is 2.81. The van der Waals surface area contributed by atoms with Crippen LogP contribution in [0.3, 0.4) is 0 Å². The van der Waals surface area contributed by atoms with Crippen molar-refractivity contribution in [3.63, 3.8) is 0 Å². The van der Waals surface area contributed by atoms with Gasteiger partial charge in [0, 0.05) is 40.7 Å². The lowest BCUT2D eigenvalue weighted by molar-refractivity contribution is 0.0942. The lowest BCUT2D eigenvalue weighted by atomic mass is 10.1. The Labute approximate surface area is 139 Å². The summed E-state index contributed by atoms with van der Waals surface area (Å²) in [4.78, 5) is 12.2. The fourth-order valence-corrected chi connectivity index (χ4v) is 3.57. The van der Waals surface area contributed by atoms with Crippen LogP contribution >= 0.6 is 31.9 Å². The number of ether oxygens (including phenoxy) is 1. The summed E-state index contributed by atoms with van der Waals surface area (Å²) >= 11 is 6.87. The van der Waals surface area contributed by atoms with E-state index in [1.165, 1.54) is 5.56 Å². The topological polar surface area (TPSA) is 43.3 Å². The molecule has 2 heterocycles. The molecule has 1 aliphatic heterocycles. The summed E-state index contributed by atoms with van der Waals surface area (Å²) in [7, 11) is 1.85. The maximum atomic E-state index is 12.2. The Bertz CT molecular complexity index is 710. The highest BCUT2D eigenvalue weighted by Gasteiger charge is 2.18. The smallest absolute Gasteiger partial charge is 0.268 e. The van der Waals surface area contributed by atoms with Crippen LogP contribution in [0.25, 0.3) is 0 Å². The van der Waals surface area contributed by atoms with Crippen LogP contribution < -0.4 is 10.1 Å². The minimum atomic E-state index is -0.102. The van der Waals surface area contributed by atoms with E-state index in [4.69, 9.17) is 4.74 Å². The van der Waals surface area contributed by atoms with Crippen LogP contribution in [-0.2, 0) is 20.0 Å². The predicted molar refractivity (Wildman–Crippen MR) is 87.6 cm³/mol. The Morgan fingerprint density at radius 3 is 2.86 bits per heavy atom. The van der Waals surface area contributed by atoms with Gasteiger partial charge in [0.05, 0.1) is 6.61 Å². The Morgan fingerprint density at radius 1 is 1.33 bits per heavy atom. The van der Waals surface area contributed by atoms with E-state index in [2.05, 4.69) is 43.2 Å². The molecule has 0 saturated heterocycles. The number of hydrogen-bond donors (Lipinski definition) is 1. The zero-order chi connectivity index (χ0) is 15.0. The van der Waals surface area contributed by atoms with Gasteiger partial charge in [0.15, 0.2) is 0 Å². The number of nitrogens with zero attached hydrogens (tertiary/aromatic N) is 1. The van der Waals surface area contributed by atoms with E-state index in [-0.39, 0.29) is 5.91 Å². The van der Waals surface area contributed by atoms with Gasteiger partial charge in [-0.2, -0.15) is 0 Å². The number of amides is 1. The van der Waals surface area contributed by atoms with Crippen LogP contribution in [0, 0.1) is 0 Å². The molecule has 0 bridgehead atoms. The van der Waals surface area contributed by atoms with Crippen LogP contribution in [0.5, 0.6) is 5.75 Å². The number of halogens is 2. The molecule has 1 aromatic heterocycles. The molecule has 0 saturated carbocycles. The number of aromatic nitrogens is 1. The number of fused-ring (bicyclic) bond motifs is 1. The molecular weight excluding hydrogens is 400 g/mol. The molecule has 0 fully saturated rings. The molecule has 6 heteroatoms. The van der Waals surface area contributed by atoms with Crippen LogP contribution in [0.1, 0.15) is 21.6 Å². The summed E-state index contributed by atoms with van der Waals surface area (Å²) in [5.74, 6) is 0.807. The number of nitrogens with one attached hydrogen (secondary N) is 1. The first kappa shape index (κ1) is 14.7. The quantitative estimate of drug-likeness (QED) is 0.837. The average molecular weight is 414 g/mol. The van der Waals surface area contributed by atoms with Crippen LogP contribution in [0.15, 0.2) is 33.3 Å². The highest BCUT2D eigenvalue weighted by Crippen LogP contribution is 2.32. The monoisotopic (exact) mass is 412 g/mol. The van der Waals surface area contributed by atoms with E-state index in [0.717, 1.165) is 26.7 Å². The predicted octanol–water partition coefficient (Wildman–Crippen LogP) is 3.42. The Balaban J connectivity index is 1.77. The van der Waals surface area contributed by atoms with Crippen LogP contribution in [0.2, 0.25) is 0 Å². The second kappa shape index (κ2) is 5.85. The van der Waals surface area contributed by atoms with E-state index in [9.17, 15) is 4.79 Å². The lowest BCUT2D eigenvalue weighted by Crippen LogP contribution is -2.25. The second-order valence-electron chi connectivity index (χ2n) is 4.99. The van der Waals surface area contributed by atoms with Gasteiger partial charge in [-0.3, -0.25) is 4.79 Å². The number of hydrogen-bond acceptors (Lipinski definition) is 2. The van der Waals surface area contributed by atoms with E-state index in [0.29, 0.717) is 18.8 Å². The molecule has 0 spiro atoms. The highest BCUT2D eigenvalue weighted by atomic mass is 79.9. The molecule has 0 atom stereocenters. The molecule has 1 aliphatic rings. The van der Waals surface area contributed by atoms with Crippen molar-refractivity contribution in [2.75, 3.05) is 6.61 Å². The van der Waals surface area contributed by atoms with Crippen molar-refractivity contribution in [1.29, 1.82) is 0 Å². The van der Waals surface area contributed by atoms with E-state index in [1.807, 2.05) is 19.3 Å². The van der Waals surface area contributed by atoms with Gasteiger partial charge in [-0.05, 0) is 39.7 Å². The highest BCUT2D eigenvalue weighted by molar-refractivity contribution is 9.10. The fourth-order valence-electron chi connectivity index (χ4n) is 2.49. The van der Waals surface area contributed by atoms with Crippen molar-refractivity contribution in [2.45, 2.75) is 13.0 Å². The van der Waals surface area contributed by atoms with Gasteiger partial charge in [0.1, 0.15) is 11.4 Å². The van der Waals surface area contributed by atoms with Gasteiger partial charge in [0.25, 0.3) is 5.91 Å². The SMILES string of the molecule is Cn1cc(Br)cc1C(=O)NCc1cc(Br)cc2c1OCC2. The second-order valence-corrected chi connectivity index (χ2v) is 6.82. The maximum absolute atomic E-state index is 12.2. The van der Waals surface area contributed by atoms with Gasteiger partial charge >= 0.3 is 0 Å². The number of benzene rings is 1. The third-order valence-electron chi connectivity index (χ3n) is 3.47. The fraction of sp³-hybridized carbons (Fsp3) is 0.267. The largest absolute Gasteiger partial charge is 0.493 e. The van der Waals surface area contributed by atoms with Gasteiger partial charge in [-0.15, -0.1) is 0 Å². The van der Waals surface area contributed by atoms with Crippen molar-refractivity contribution in [2.24, 2.45) is 7.05 Å². The minimum Gasteiger partial charge on any atom is -0.493 e. The van der Waals surface area contributed by atoms with Crippen molar-refractivity contribution >= 4 is 37.8 Å². The van der Waals surface area contributed by atoms with Crippen molar-refractivity contribution in [1.82, 2.24) is 9.88 Å². The van der Waals surface area contributed by atoms with Crippen LogP contribution in [0.4, 0.5) is 0 Å². The first-order valence-corrected chi connectivity index (χ1v) is 8.17. The standard InChI is InChI=1S/C15H14Br2N2O2/c1-19-8-12(17)6-13(19)15(20)18-7-10-5-11(16)4-9-2-3-21-14(9)10/h4-6,8H,2-3,7H2,1H3,(H,18,20). The van der Waals surface area contributed by atoms with Crippen molar-refractivity contribution < 1.29 is 9.53 Å². The summed E-state index contributed by atoms with van der Waals surface area (Å²) in [6.07, 6.45) is 2.77. The summed E-state index contributed by atoms with van der Waals surface area (Å²) < 4.78 is 9.36. The minimum absolute atomic E-state index is 0.102. The Kier molecular flexibility index (Phi) is 4.08. The molecule has 1 aromatic carbocycles. The zero-order valence-electron chi connectivity index (χ0n) is 11.5. The molecule has 0 radical (unpaired) electrons. The van der Waals surface area contributed by atoms with Crippen LogP contribution in [-0.4, -0.2) is 17.1 Å². The first-order chi connectivity index (χ1) is 10.0. The van der Waals surface area contributed by atoms with Gasteiger partial charge in [-0.25, -0.2) is 0 Å². The number of carbonyl (C=O) groups is 1. The van der Waals surface area contributed by atoms with E-state index < -0.39 is 0 Å². The Morgan fingerprint density at radius 2 is 2.14 bits per heavy atom. The van der Waals surface area contributed by atoms with Crippen molar-refractivity contribution in [3.05, 3.63) is 50.2 Å². The van der Waals surface area contributed by atoms with Crippen molar-refractivity contribution in [3.8, 4) is 5.75 Å². The molecule has 110 valence electrons. The van der Waals surface area contributed by atoms with E-state index >= 15 is 0 Å². The normalized spacial score (nSPS) is 12.9. The first-order valence-electron chi connectivity index (χ1n) is 6.59.